The Labute approximate surface area is 217 Å². The molecule has 1 aliphatic carbocycles. The Morgan fingerprint density at radius 1 is 0.784 bits per heavy atom. The second-order valence-electron chi connectivity index (χ2n) is 9.05. The van der Waals surface area contributed by atoms with E-state index in [0.717, 1.165) is 17.1 Å². The number of benzene rings is 2. The Morgan fingerprint density at radius 2 is 1.30 bits per heavy atom. The first kappa shape index (κ1) is 25.0. The van der Waals surface area contributed by atoms with E-state index >= 15 is 0 Å². The third kappa shape index (κ3) is 5.00. The molecule has 2 aromatic carbocycles. The number of allylic oxidation sites excluding steroid dienone is 8. The van der Waals surface area contributed by atoms with Crippen LogP contribution < -0.4 is 4.90 Å². The average Bonchev–Trinajstić information content (AvgIpc) is 3.19. The van der Waals surface area contributed by atoms with E-state index in [9.17, 15) is 15.3 Å². The summed E-state index contributed by atoms with van der Waals surface area (Å²) in [6, 6.07) is 21.1. The lowest BCUT2D eigenvalue weighted by atomic mass is 9.92. The maximum atomic E-state index is 13.7. The molecule has 0 bridgehead atoms. The Hall–Kier alpha value is -5.07. The van der Waals surface area contributed by atoms with E-state index in [1.807, 2.05) is 123 Å². The van der Waals surface area contributed by atoms with Crippen molar-refractivity contribution in [3.63, 3.8) is 0 Å². The minimum Gasteiger partial charge on any atom is -0.383 e. The van der Waals surface area contributed by atoms with Gasteiger partial charge in [0.25, 0.3) is 0 Å². The maximum absolute atomic E-state index is 13.7. The largest absolute Gasteiger partial charge is 0.383 e. The van der Waals surface area contributed by atoms with Crippen molar-refractivity contribution in [2.45, 2.75) is 0 Å². The van der Waals surface area contributed by atoms with Crippen LogP contribution in [0.25, 0.3) is 5.57 Å². The van der Waals surface area contributed by atoms with E-state index in [0.29, 0.717) is 27.8 Å². The van der Waals surface area contributed by atoms with E-state index in [1.165, 1.54) is 0 Å². The minimum absolute atomic E-state index is 0.0798. The molecule has 1 aliphatic heterocycles. The Kier molecular flexibility index (Phi) is 7.23. The number of nitrogens with zero attached hydrogens (tertiary/aromatic N) is 5. The maximum Gasteiger partial charge on any atom is 0.194 e. The summed E-state index contributed by atoms with van der Waals surface area (Å²) in [7, 11) is 7.77. The van der Waals surface area contributed by atoms with Gasteiger partial charge >= 0.3 is 0 Å². The molecule has 0 amide bonds. The van der Waals surface area contributed by atoms with Crippen molar-refractivity contribution in [1.82, 2.24) is 9.80 Å². The van der Waals surface area contributed by atoms with Crippen LogP contribution in [0.15, 0.2) is 119 Å². The van der Waals surface area contributed by atoms with Crippen LogP contribution >= 0.6 is 0 Å². The highest BCUT2D eigenvalue weighted by Crippen LogP contribution is 2.43. The number of hydrogen-bond donors (Lipinski definition) is 0. The number of hydrogen-bond acceptors (Lipinski definition) is 6. The van der Waals surface area contributed by atoms with Gasteiger partial charge in [-0.15, -0.1) is 0 Å². The number of Topliss-reactive ketones (excluding diaryl/α,β-unsaturated/α-hetero) is 1. The number of para-hydroxylation sites is 1. The van der Waals surface area contributed by atoms with Crippen molar-refractivity contribution in [1.29, 1.82) is 10.5 Å². The van der Waals surface area contributed by atoms with Crippen LogP contribution in [-0.4, -0.2) is 43.8 Å². The van der Waals surface area contributed by atoms with Gasteiger partial charge in [-0.2, -0.15) is 10.5 Å². The molecule has 182 valence electrons. The molecule has 4 rings (SSSR count). The van der Waals surface area contributed by atoms with Gasteiger partial charge < -0.3 is 14.7 Å². The van der Waals surface area contributed by atoms with Gasteiger partial charge in [-0.3, -0.25) is 4.79 Å². The monoisotopic (exact) mass is 485 g/mol. The average molecular weight is 486 g/mol. The smallest absolute Gasteiger partial charge is 0.194 e. The van der Waals surface area contributed by atoms with Crippen molar-refractivity contribution in [3.8, 4) is 12.1 Å². The molecule has 0 spiro atoms. The molecule has 0 N–H and O–H groups in total. The summed E-state index contributed by atoms with van der Waals surface area (Å²) in [6.45, 7) is 0. The standard InChI is InChI=1S/C31H27N5O/c1-34(2)16-14-25-18-22(19-26(15-17-35(3)4)36(25)24-10-6-5-7-11-24)30-29(23(20-32)21-33)27-12-8-9-13-28(27)31(30)37/h5-19H,1-4H3/b16-14+,17-15+. The summed E-state index contributed by atoms with van der Waals surface area (Å²) in [5.41, 5.74) is 5.03. The second-order valence-corrected chi connectivity index (χ2v) is 9.05. The number of nitriles is 2. The summed E-state index contributed by atoms with van der Waals surface area (Å²) in [5.74, 6) is -0.198. The number of fused-ring (bicyclic) bond motifs is 1. The number of carbonyl (C=O) groups excluding carboxylic acids is 1. The van der Waals surface area contributed by atoms with Crippen molar-refractivity contribution >= 4 is 17.0 Å². The Morgan fingerprint density at radius 3 is 1.81 bits per heavy atom. The van der Waals surface area contributed by atoms with Gasteiger partial charge in [0.15, 0.2) is 5.78 Å². The van der Waals surface area contributed by atoms with E-state index in [-0.39, 0.29) is 11.4 Å². The molecule has 0 saturated carbocycles. The van der Waals surface area contributed by atoms with Crippen LogP contribution in [0.4, 0.5) is 5.69 Å². The number of anilines is 1. The topological polar surface area (TPSA) is 74.4 Å². The third-order valence-electron chi connectivity index (χ3n) is 5.90. The fourth-order valence-corrected chi connectivity index (χ4v) is 4.31. The molecule has 0 saturated heterocycles. The predicted octanol–water partition coefficient (Wildman–Crippen LogP) is 5.42. The molecule has 0 atom stereocenters. The molecule has 1 heterocycles. The normalized spacial score (nSPS) is 14.9. The quantitative estimate of drug-likeness (QED) is 0.416. The summed E-state index contributed by atoms with van der Waals surface area (Å²) in [4.78, 5) is 19.7. The van der Waals surface area contributed by atoms with Crippen LogP contribution in [0, 0.1) is 22.7 Å². The zero-order valence-electron chi connectivity index (χ0n) is 21.3. The fourth-order valence-electron chi connectivity index (χ4n) is 4.31. The molecule has 0 aromatic heterocycles. The molecule has 6 heteroatoms. The van der Waals surface area contributed by atoms with Crippen LogP contribution in [0.5, 0.6) is 0 Å². The lowest BCUT2D eigenvalue weighted by molar-refractivity contribution is 0.104. The number of ketones is 1. The van der Waals surface area contributed by atoms with Gasteiger partial charge in [-0.1, -0.05) is 42.5 Å². The molecule has 6 nitrogen and oxygen atoms in total. The predicted molar refractivity (Wildman–Crippen MR) is 147 cm³/mol. The van der Waals surface area contributed by atoms with Crippen LogP contribution in [0.3, 0.4) is 0 Å². The zero-order chi connectivity index (χ0) is 26.5. The van der Waals surface area contributed by atoms with Crippen LogP contribution in [0.1, 0.15) is 15.9 Å². The van der Waals surface area contributed by atoms with Gasteiger partial charge in [-0.05, 0) is 47.6 Å². The van der Waals surface area contributed by atoms with Crippen LogP contribution in [0.2, 0.25) is 0 Å². The number of carbonyl (C=O) groups is 1. The SMILES string of the molecule is CN(C)/C=C/C1=CC(=C2C(=O)c3ccccc3C2=C(C#N)C#N)C=C(/C=C/N(C)C)N1c1ccccc1. The minimum atomic E-state index is -0.198. The first-order chi connectivity index (χ1) is 17.8. The van der Waals surface area contributed by atoms with Gasteiger partial charge in [0.1, 0.15) is 17.7 Å². The third-order valence-corrected chi connectivity index (χ3v) is 5.90. The van der Waals surface area contributed by atoms with Gasteiger partial charge in [-0.25, -0.2) is 0 Å². The highest BCUT2D eigenvalue weighted by atomic mass is 16.1. The Bertz CT molecular complexity index is 1450. The summed E-state index contributed by atoms with van der Waals surface area (Å²) in [5, 5.41) is 19.5. The molecule has 0 fully saturated rings. The van der Waals surface area contributed by atoms with E-state index < -0.39 is 0 Å². The van der Waals surface area contributed by atoms with E-state index in [1.54, 1.807) is 18.2 Å². The first-order valence-corrected chi connectivity index (χ1v) is 11.8. The molecular formula is C31H27N5O. The van der Waals surface area contributed by atoms with E-state index in [2.05, 4.69) is 4.90 Å². The number of rotatable bonds is 5. The zero-order valence-corrected chi connectivity index (χ0v) is 21.3. The molecule has 0 unspecified atom stereocenters. The lowest BCUT2D eigenvalue weighted by Gasteiger charge is -2.31. The summed E-state index contributed by atoms with van der Waals surface area (Å²) >= 11 is 0. The van der Waals surface area contributed by atoms with Crippen molar-refractivity contribution in [2.24, 2.45) is 0 Å². The van der Waals surface area contributed by atoms with Gasteiger partial charge in [0, 0.05) is 74.4 Å². The molecule has 37 heavy (non-hydrogen) atoms. The fraction of sp³-hybridized carbons (Fsp3) is 0.129. The van der Waals surface area contributed by atoms with E-state index in [4.69, 9.17) is 0 Å². The molecule has 0 radical (unpaired) electrons. The molecule has 2 aliphatic rings. The highest BCUT2D eigenvalue weighted by Gasteiger charge is 2.35. The summed E-state index contributed by atoms with van der Waals surface area (Å²) < 4.78 is 0. The van der Waals surface area contributed by atoms with Gasteiger partial charge in [0.05, 0.1) is 0 Å². The molecule has 2 aromatic rings. The summed E-state index contributed by atoms with van der Waals surface area (Å²) in [6.07, 6.45) is 11.7. The van der Waals surface area contributed by atoms with Crippen LogP contribution in [-0.2, 0) is 0 Å². The Balaban J connectivity index is 2.06. The van der Waals surface area contributed by atoms with Gasteiger partial charge in [0.2, 0.25) is 0 Å². The van der Waals surface area contributed by atoms with Crippen molar-refractivity contribution in [3.05, 3.63) is 131 Å². The molecular weight excluding hydrogens is 458 g/mol. The van der Waals surface area contributed by atoms with Crippen molar-refractivity contribution < 1.29 is 4.79 Å². The van der Waals surface area contributed by atoms with Crippen molar-refractivity contribution in [2.75, 3.05) is 33.1 Å². The second kappa shape index (κ2) is 10.7. The highest BCUT2D eigenvalue weighted by molar-refractivity contribution is 6.28. The lowest BCUT2D eigenvalue weighted by Crippen LogP contribution is -2.24. The first-order valence-electron chi connectivity index (χ1n) is 11.8.